The first-order valence-corrected chi connectivity index (χ1v) is 4.60. The second-order valence-electron chi connectivity index (χ2n) is 3.19. The number of rotatable bonds is 4. The van der Waals surface area contributed by atoms with Crippen molar-refractivity contribution in [2.45, 2.75) is 12.2 Å². The molecular weight excluding hydrogens is 230 g/mol. The molecule has 2 unspecified atom stereocenters. The van der Waals surface area contributed by atoms with Crippen molar-refractivity contribution >= 4 is 11.9 Å². The number of hydrogen-bond donors (Lipinski definition) is 3. The third-order valence-electron chi connectivity index (χ3n) is 2.07. The van der Waals surface area contributed by atoms with Crippen LogP contribution in [0.25, 0.3) is 0 Å². The van der Waals surface area contributed by atoms with Gasteiger partial charge in [0.25, 0.3) is 0 Å². The van der Waals surface area contributed by atoms with Gasteiger partial charge in [0.05, 0.1) is 7.11 Å². The van der Waals surface area contributed by atoms with Gasteiger partial charge in [0.15, 0.2) is 6.10 Å². The van der Waals surface area contributed by atoms with E-state index in [0.29, 0.717) is 0 Å². The maximum absolute atomic E-state index is 11.1. The van der Waals surface area contributed by atoms with Crippen LogP contribution in [0.1, 0.15) is 22.2 Å². The zero-order valence-corrected chi connectivity index (χ0v) is 8.90. The van der Waals surface area contributed by atoms with Crippen LogP contribution < -0.4 is 0 Å². The van der Waals surface area contributed by atoms with Gasteiger partial charge < -0.3 is 20.1 Å². The summed E-state index contributed by atoms with van der Waals surface area (Å²) in [5, 5.41) is 27.2. The number of aliphatic carboxylic acids is 1. The molecule has 7 heteroatoms. The molecule has 1 aromatic rings. The minimum absolute atomic E-state index is 0.0651. The summed E-state index contributed by atoms with van der Waals surface area (Å²) in [7, 11) is 1.17. The van der Waals surface area contributed by atoms with Crippen LogP contribution >= 0.6 is 0 Å². The molecule has 2 atom stereocenters. The summed E-state index contributed by atoms with van der Waals surface area (Å²) in [6.45, 7) is 0. The van der Waals surface area contributed by atoms with Gasteiger partial charge in [-0.25, -0.2) is 14.6 Å². The Morgan fingerprint density at radius 3 is 2.59 bits per heavy atom. The largest absolute Gasteiger partial charge is 0.479 e. The summed E-state index contributed by atoms with van der Waals surface area (Å²) < 4.78 is 4.42. The van der Waals surface area contributed by atoms with Gasteiger partial charge in [-0.05, 0) is 17.7 Å². The standard InChI is InChI=1S/C10H11NO6/c1-17-10(16)6-4-5(2-3-11-6)7(12)8(13)9(14)15/h2-4,7-8,12-13H,1H3,(H,14,15). The Bertz CT molecular complexity index is 433. The average Bonchev–Trinajstić information content (AvgIpc) is 2.36. The topological polar surface area (TPSA) is 117 Å². The quantitative estimate of drug-likeness (QED) is 0.599. The fourth-order valence-corrected chi connectivity index (χ4v) is 1.16. The van der Waals surface area contributed by atoms with Gasteiger partial charge in [0, 0.05) is 6.20 Å². The van der Waals surface area contributed by atoms with Gasteiger partial charge in [-0.2, -0.15) is 0 Å². The Kier molecular flexibility index (Phi) is 4.13. The summed E-state index contributed by atoms with van der Waals surface area (Å²) in [5.74, 6) is -2.28. The van der Waals surface area contributed by atoms with Gasteiger partial charge in [-0.3, -0.25) is 0 Å². The number of aliphatic hydroxyl groups excluding tert-OH is 2. The van der Waals surface area contributed by atoms with E-state index in [9.17, 15) is 14.7 Å². The van der Waals surface area contributed by atoms with Crippen LogP contribution in [-0.4, -0.2) is 45.5 Å². The third kappa shape index (κ3) is 2.99. The molecule has 0 aromatic carbocycles. The maximum Gasteiger partial charge on any atom is 0.356 e. The lowest BCUT2D eigenvalue weighted by Gasteiger charge is -2.14. The molecule has 0 saturated heterocycles. The minimum atomic E-state index is -1.97. The Balaban J connectivity index is 2.99. The Labute approximate surface area is 96.3 Å². The van der Waals surface area contributed by atoms with Crippen molar-refractivity contribution in [2.75, 3.05) is 7.11 Å². The molecule has 0 aliphatic carbocycles. The smallest absolute Gasteiger partial charge is 0.356 e. The SMILES string of the molecule is COC(=O)c1cc(C(O)C(O)C(=O)O)ccn1. The van der Waals surface area contributed by atoms with Crippen molar-refractivity contribution in [3.8, 4) is 0 Å². The minimum Gasteiger partial charge on any atom is -0.479 e. The van der Waals surface area contributed by atoms with E-state index < -0.39 is 24.1 Å². The highest BCUT2D eigenvalue weighted by Crippen LogP contribution is 2.17. The van der Waals surface area contributed by atoms with E-state index in [0.717, 1.165) is 6.07 Å². The van der Waals surface area contributed by atoms with E-state index in [1.807, 2.05) is 0 Å². The number of esters is 1. The molecule has 0 aliphatic rings. The molecule has 0 bridgehead atoms. The predicted molar refractivity (Wildman–Crippen MR) is 54.2 cm³/mol. The first-order chi connectivity index (χ1) is 7.97. The monoisotopic (exact) mass is 241 g/mol. The molecule has 0 aliphatic heterocycles. The first-order valence-electron chi connectivity index (χ1n) is 4.60. The Morgan fingerprint density at radius 1 is 1.41 bits per heavy atom. The number of pyridine rings is 1. The molecule has 0 fully saturated rings. The van der Waals surface area contributed by atoms with Crippen LogP contribution in [0.2, 0.25) is 0 Å². The fraction of sp³-hybridized carbons (Fsp3) is 0.300. The van der Waals surface area contributed by atoms with Gasteiger partial charge in [-0.15, -0.1) is 0 Å². The molecule has 0 saturated carbocycles. The zero-order valence-electron chi connectivity index (χ0n) is 8.90. The predicted octanol–water partition coefficient (Wildman–Crippen LogP) is -0.653. The number of carbonyl (C=O) groups is 2. The Hall–Kier alpha value is -1.99. The van der Waals surface area contributed by atoms with Crippen LogP contribution in [0.4, 0.5) is 0 Å². The number of hydrogen-bond acceptors (Lipinski definition) is 6. The second-order valence-corrected chi connectivity index (χ2v) is 3.19. The number of carboxylic acid groups (broad SMARTS) is 1. The van der Waals surface area contributed by atoms with E-state index >= 15 is 0 Å². The van der Waals surface area contributed by atoms with E-state index in [-0.39, 0.29) is 11.3 Å². The van der Waals surface area contributed by atoms with Crippen molar-refractivity contribution in [1.82, 2.24) is 4.98 Å². The van der Waals surface area contributed by atoms with Gasteiger partial charge in [-0.1, -0.05) is 0 Å². The molecule has 1 rings (SSSR count). The van der Waals surface area contributed by atoms with Crippen LogP contribution in [0.15, 0.2) is 18.3 Å². The highest BCUT2D eigenvalue weighted by molar-refractivity contribution is 5.87. The maximum atomic E-state index is 11.1. The van der Waals surface area contributed by atoms with E-state index in [2.05, 4.69) is 9.72 Å². The summed E-state index contributed by atoms with van der Waals surface area (Å²) >= 11 is 0. The van der Waals surface area contributed by atoms with Crippen molar-refractivity contribution in [3.05, 3.63) is 29.6 Å². The highest BCUT2D eigenvalue weighted by Gasteiger charge is 2.25. The molecule has 3 N–H and O–H groups in total. The number of aromatic nitrogens is 1. The lowest BCUT2D eigenvalue weighted by Crippen LogP contribution is -2.27. The summed E-state index contributed by atoms with van der Waals surface area (Å²) in [6.07, 6.45) is -2.40. The Morgan fingerprint density at radius 2 is 2.06 bits per heavy atom. The van der Waals surface area contributed by atoms with Crippen LogP contribution in [-0.2, 0) is 9.53 Å². The van der Waals surface area contributed by atoms with Crippen molar-refractivity contribution < 1.29 is 29.6 Å². The molecule has 7 nitrogen and oxygen atoms in total. The molecule has 17 heavy (non-hydrogen) atoms. The molecule has 0 amide bonds. The number of carboxylic acids is 1. The average molecular weight is 241 g/mol. The zero-order chi connectivity index (χ0) is 13.0. The van der Waals surface area contributed by atoms with Crippen LogP contribution in [0, 0.1) is 0 Å². The summed E-state index contributed by atoms with van der Waals surface area (Å²) in [4.78, 5) is 25.3. The number of nitrogens with zero attached hydrogens (tertiary/aromatic N) is 1. The molecular formula is C10H11NO6. The lowest BCUT2D eigenvalue weighted by molar-refractivity contribution is -0.153. The summed E-state index contributed by atoms with van der Waals surface area (Å²) in [6, 6.07) is 2.45. The first kappa shape index (κ1) is 13.1. The van der Waals surface area contributed by atoms with Gasteiger partial charge >= 0.3 is 11.9 Å². The molecule has 1 aromatic heterocycles. The highest BCUT2D eigenvalue weighted by atomic mass is 16.5. The summed E-state index contributed by atoms with van der Waals surface area (Å²) in [5.41, 5.74) is -0.0167. The molecule has 0 spiro atoms. The number of methoxy groups -OCH3 is 1. The fourth-order valence-electron chi connectivity index (χ4n) is 1.16. The number of aliphatic hydroxyl groups is 2. The van der Waals surface area contributed by atoms with Gasteiger partial charge in [0.2, 0.25) is 0 Å². The van der Waals surface area contributed by atoms with E-state index in [1.165, 1.54) is 19.4 Å². The lowest BCUT2D eigenvalue weighted by atomic mass is 10.0. The van der Waals surface area contributed by atoms with E-state index in [4.69, 9.17) is 10.2 Å². The third-order valence-corrected chi connectivity index (χ3v) is 2.07. The van der Waals surface area contributed by atoms with Crippen molar-refractivity contribution in [3.63, 3.8) is 0 Å². The van der Waals surface area contributed by atoms with E-state index in [1.54, 1.807) is 0 Å². The molecule has 92 valence electrons. The number of ether oxygens (including phenoxy) is 1. The van der Waals surface area contributed by atoms with Crippen molar-refractivity contribution in [1.29, 1.82) is 0 Å². The van der Waals surface area contributed by atoms with Crippen molar-refractivity contribution in [2.24, 2.45) is 0 Å². The van der Waals surface area contributed by atoms with Crippen LogP contribution in [0.3, 0.4) is 0 Å². The normalized spacial score (nSPS) is 13.8. The van der Waals surface area contributed by atoms with Crippen LogP contribution in [0.5, 0.6) is 0 Å². The van der Waals surface area contributed by atoms with Gasteiger partial charge in [0.1, 0.15) is 11.8 Å². The number of carbonyl (C=O) groups excluding carboxylic acids is 1. The molecule has 1 heterocycles. The second kappa shape index (κ2) is 5.37. The molecule has 0 radical (unpaired) electrons.